The van der Waals surface area contributed by atoms with Gasteiger partial charge in [0, 0.05) is 0 Å². The summed E-state index contributed by atoms with van der Waals surface area (Å²) in [5, 5.41) is 16.5. The molecule has 10 nitrogen and oxygen atoms in total. The van der Waals surface area contributed by atoms with Crippen molar-refractivity contribution in [3.05, 3.63) is 27.2 Å². The summed E-state index contributed by atoms with van der Waals surface area (Å²) in [6.07, 6.45) is 2.67. The van der Waals surface area contributed by atoms with Gasteiger partial charge in [0.25, 0.3) is 17.4 Å². The SMILES string of the molecule is Cc1nn(CC(=O)NN2C(=O)NC3(CCC(C)CC3)C2=O)c(=O)c(C#N)c1C. The van der Waals surface area contributed by atoms with E-state index in [9.17, 15) is 19.2 Å². The molecule has 148 valence electrons. The predicted octanol–water partition coefficient (Wildman–Crippen LogP) is 0.264. The van der Waals surface area contributed by atoms with E-state index in [1.165, 1.54) is 0 Å². The van der Waals surface area contributed by atoms with E-state index in [0.29, 0.717) is 35.0 Å². The van der Waals surface area contributed by atoms with E-state index >= 15 is 0 Å². The fourth-order valence-corrected chi connectivity index (χ4v) is 3.62. The second kappa shape index (κ2) is 7.07. The number of nitrogens with one attached hydrogen (secondary N) is 2. The molecule has 10 heteroatoms. The number of nitriles is 1. The molecule has 1 spiro atoms. The van der Waals surface area contributed by atoms with E-state index in [1.54, 1.807) is 13.8 Å². The molecule has 4 amide bonds. The number of urea groups is 1. The van der Waals surface area contributed by atoms with Crippen molar-refractivity contribution in [1.82, 2.24) is 25.5 Å². The van der Waals surface area contributed by atoms with Gasteiger partial charge in [0.2, 0.25) is 0 Å². The molecule has 0 bridgehead atoms. The highest BCUT2D eigenvalue weighted by atomic mass is 16.2. The Balaban J connectivity index is 1.75. The molecule has 2 fully saturated rings. The highest BCUT2D eigenvalue weighted by Crippen LogP contribution is 2.35. The van der Waals surface area contributed by atoms with Crippen LogP contribution in [0.4, 0.5) is 4.79 Å². The predicted molar refractivity (Wildman–Crippen MR) is 96.6 cm³/mol. The summed E-state index contributed by atoms with van der Waals surface area (Å²) in [5.41, 5.74) is 1.39. The first-order valence-electron chi connectivity index (χ1n) is 9.13. The number of aryl methyl sites for hydroxylation is 1. The lowest BCUT2D eigenvalue weighted by Crippen LogP contribution is -2.52. The summed E-state index contributed by atoms with van der Waals surface area (Å²) in [7, 11) is 0. The quantitative estimate of drug-likeness (QED) is 0.715. The first kappa shape index (κ1) is 19.5. The number of nitrogens with zero attached hydrogens (tertiary/aromatic N) is 4. The summed E-state index contributed by atoms with van der Waals surface area (Å²) in [6.45, 7) is 4.80. The maximum absolute atomic E-state index is 12.8. The van der Waals surface area contributed by atoms with Crippen molar-refractivity contribution in [2.45, 2.75) is 58.5 Å². The summed E-state index contributed by atoms with van der Waals surface area (Å²) in [4.78, 5) is 49.6. The van der Waals surface area contributed by atoms with Crippen LogP contribution >= 0.6 is 0 Å². The summed E-state index contributed by atoms with van der Waals surface area (Å²) >= 11 is 0. The standard InChI is InChI=1S/C18H22N6O4/c1-10-4-6-18(7-5-10)16(27)24(17(28)20-18)22-14(25)9-23-15(26)13(8-19)11(2)12(3)21-23/h10H,4-7,9H2,1-3H3,(H,20,28)(H,22,25). The monoisotopic (exact) mass is 386 g/mol. The Hall–Kier alpha value is -3.22. The lowest BCUT2D eigenvalue weighted by molar-refractivity contribution is -0.140. The van der Waals surface area contributed by atoms with Gasteiger partial charge >= 0.3 is 6.03 Å². The third-order valence-corrected chi connectivity index (χ3v) is 5.57. The fraction of sp³-hybridized carbons (Fsp3) is 0.556. The number of rotatable bonds is 3. The molecular formula is C18H22N6O4. The summed E-state index contributed by atoms with van der Waals surface area (Å²) < 4.78 is 0.854. The second-order valence-corrected chi connectivity index (χ2v) is 7.53. The van der Waals surface area contributed by atoms with Gasteiger partial charge in [-0.05, 0) is 51.0 Å². The molecule has 1 saturated heterocycles. The Morgan fingerprint density at radius 1 is 1.32 bits per heavy atom. The van der Waals surface area contributed by atoms with Gasteiger partial charge in [-0.15, -0.1) is 0 Å². The van der Waals surface area contributed by atoms with Crippen molar-refractivity contribution >= 4 is 17.8 Å². The topological polar surface area (TPSA) is 137 Å². The maximum Gasteiger partial charge on any atom is 0.344 e. The molecule has 0 radical (unpaired) electrons. The highest BCUT2D eigenvalue weighted by molar-refractivity contribution is 6.08. The van der Waals surface area contributed by atoms with Crippen LogP contribution in [0.15, 0.2) is 4.79 Å². The van der Waals surface area contributed by atoms with Crippen molar-refractivity contribution in [3.63, 3.8) is 0 Å². The Morgan fingerprint density at radius 2 is 1.96 bits per heavy atom. The third kappa shape index (κ3) is 3.24. The van der Waals surface area contributed by atoms with Gasteiger partial charge in [0.15, 0.2) is 0 Å². The van der Waals surface area contributed by atoms with E-state index in [4.69, 9.17) is 5.26 Å². The molecule has 0 aromatic carbocycles. The molecule has 1 aliphatic heterocycles. The van der Waals surface area contributed by atoms with Crippen LogP contribution in [0.25, 0.3) is 0 Å². The van der Waals surface area contributed by atoms with Crippen molar-refractivity contribution in [2.75, 3.05) is 0 Å². The van der Waals surface area contributed by atoms with Crippen molar-refractivity contribution in [1.29, 1.82) is 5.26 Å². The van der Waals surface area contributed by atoms with Crippen LogP contribution < -0.4 is 16.3 Å². The molecule has 2 N–H and O–H groups in total. The number of hydrazine groups is 1. The van der Waals surface area contributed by atoms with Gasteiger partial charge < -0.3 is 5.32 Å². The van der Waals surface area contributed by atoms with E-state index in [1.807, 2.05) is 6.07 Å². The molecule has 28 heavy (non-hydrogen) atoms. The number of carbonyl (C=O) groups is 3. The normalized spacial score (nSPS) is 24.2. The Bertz CT molecular complexity index is 952. The Morgan fingerprint density at radius 3 is 2.57 bits per heavy atom. The molecule has 2 heterocycles. The molecule has 1 saturated carbocycles. The molecular weight excluding hydrogens is 364 g/mol. The molecule has 1 aliphatic carbocycles. The van der Waals surface area contributed by atoms with Gasteiger partial charge in [-0.3, -0.25) is 19.8 Å². The molecule has 3 rings (SSSR count). The van der Waals surface area contributed by atoms with Crippen molar-refractivity contribution in [2.24, 2.45) is 5.92 Å². The van der Waals surface area contributed by atoms with Gasteiger partial charge in [0.1, 0.15) is 23.7 Å². The van der Waals surface area contributed by atoms with Crippen LogP contribution in [-0.4, -0.2) is 38.2 Å². The first-order chi connectivity index (χ1) is 13.2. The zero-order valence-electron chi connectivity index (χ0n) is 16.0. The van der Waals surface area contributed by atoms with Crippen molar-refractivity contribution < 1.29 is 14.4 Å². The summed E-state index contributed by atoms with van der Waals surface area (Å²) in [6, 6.07) is 1.13. The number of amides is 4. The van der Waals surface area contributed by atoms with Gasteiger partial charge in [-0.25, -0.2) is 9.48 Å². The second-order valence-electron chi connectivity index (χ2n) is 7.53. The lowest BCUT2D eigenvalue weighted by atomic mass is 9.77. The van der Waals surface area contributed by atoms with Gasteiger partial charge in [-0.2, -0.15) is 15.4 Å². The van der Waals surface area contributed by atoms with E-state index in [0.717, 1.165) is 17.5 Å². The van der Waals surface area contributed by atoms with E-state index in [2.05, 4.69) is 22.8 Å². The highest BCUT2D eigenvalue weighted by Gasteiger charge is 2.52. The van der Waals surface area contributed by atoms with Crippen LogP contribution in [0.3, 0.4) is 0 Å². The van der Waals surface area contributed by atoms with Crippen LogP contribution in [0, 0.1) is 31.1 Å². The summed E-state index contributed by atoms with van der Waals surface area (Å²) in [5.74, 6) is -0.765. The molecule has 1 aromatic heterocycles. The molecule has 0 atom stereocenters. The van der Waals surface area contributed by atoms with Crippen LogP contribution in [0.1, 0.15) is 49.4 Å². The Labute approximate surface area is 161 Å². The molecule has 0 unspecified atom stereocenters. The zero-order chi connectivity index (χ0) is 20.6. The average Bonchev–Trinajstić information content (AvgIpc) is 2.87. The fourth-order valence-electron chi connectivity index (χ4n) is 3.62. The number of carbonyl (C=O) groups excluding carboxylic acids is 3. The number of hydrogen-bond acceptors (Lipinski definition) is 6. The lowest BCUT2D eigenvalue weighted by Gasteiger charge is -2.33. The maximum atomic E-state index is 12.8. The van der Waals surface area contributed by atoms with E-state index < -0.39 is 35.5 Å². The van der Waals surface area contributed by atoms with Gasteiger partial charge in [0.05, 0.1) is 5.69 Å². The zero-order valence-corrected chi connectivity index (χ0v) is 16.0. The minimum absolute atomic E-state index is 0.0921. The van der Waals surface area contributed by atoms with Crippen molar-refractivity contribution in [3.8, 4) is 6.07 Å². The minimum atomic E-state index is -0.972. The van der Waals surface area contributed by atoms with Crippen LogP contribution in [0.5, 0.6) is 0 Å². The van der Waals surface area contributed by atoms with Crippen LogP contribution in [-0.2, 0) is 16.1 Å². The smallest absolute Gasteiger partial charge is 0.322 e. The number of hydrogen-bond donors (Lipinski definition) is 2. The van der Waals surface area contributed by atoms with E-state index in [-0.39, 0.29) is 5.56 Å². The molecule has 2 aliphatic rings. The molecule has 1 aromatic rings. The third-order valence-electron chi connectivity index (χ3n) is 5.57. The largest absolute Gasteiger partial charge is 0.344 e. The minimum Gasteiger partial charge on any atom is -0.322 e. The van der Waals surface area contributed by atoms with Gasteiger partial charge in [-0.1, -0.05) is 6.92 Å². The number of aromatic nitrogens is 2. The Kier molecular flexibility index (Phi) is 4.93. The average molecular weight is 386 g/mol. The first-order valence-corrected chi connectivity index (χ1v) is 9.13. The number of imide groups is 1. The van der Waals surface area contributed by atoms with Crippen LogP contribution in [0.2, 0.25) is 0 Å².